The number of nitrogens with zero attached hydrogens (tertiary/aromatic N) is 6. The van der Waals surface area contributed by atoms with Gasteiger partial charge in [-0.2, -0.15) is 5.10 Å². The SMILES string of the molecule is CC(=O)c1nn(CC(=O)N2C[C@@H]3C[C@@H]3[C@H]2C(=O)Cc2cccc(Br)n2)c2ccc(-c3cnc(C)nc3)cc12. The van der Waals surface area contributed by atoms with Gasteiger partial charge in [-0.25, -0.2) is 15.0 Å². The number of piperidine rings is 1. The number of carbonyl (C=O) groups excluding carboxylic acids is 3. The summed E-state index contributed by atoms with van der Waals surface area (Å²) in [5.74, 6) is 0.900. The summed E-state index contributed by atoms with van der Waals surface area (Å²) in [7, 11) is 0. The lowest BCUT2D eigenvalue weighted by molar-refractivity contribution is -0.139. The highest BCUT2D eigenvalue weighted by Gasteiger charge is 2.56. The van der Waals surface area contributed by atoms with Crippen molar-refractivity contribution in [3.8, 4) is 11.1 Å². The number of aromatic nitrogens is 5. The van der Waals surface area contributed by atoms with Gasteiger partial charge in [-0.15, -0.1) is 0 Å². The number of fused-ring (bicyclic) bond motifs is 2. The number of carbonyl (C=O) groups is 3. The molecule has 3 aromatic heterocycles. The summed E-state index contributed by atoms with van der Waals surface area (Å²) < 4.78 is 2.25. The van der Waals surface area contributed by atoms with Gasteiger partial charge in [-0.05, 0) is 70.9 Å². The van der Waals surface area contributed by atoms with Gasteiger partial charge in [0, 0.05) is 42.5 Å². The Morgan fingerprint density at radius 3 is 2.61 bits per heavy atom. The number of Topliss-reactive ketones (excluding diaryl/α,β-unsaturated/α-hetero) is 2. The van der Waals surface area contributed by atoms with E-state index in [-0.39, 0.29) is 36.4 Å². The van der Waals surface area contributed by atoms with Gasteiger partial charge in [-0.1, -0.05) is 12.1 Å². The van der Waals surface area contributed by atoms with Gasteiger partial charge in [0.2, 0.25) is 5.91 Å². The summed E-state index contributed by atoms with van der Waals surface area (Å²) in [6.45, 7) is 3.81. The van der Waals surface area contributed by atoms with Gasteiger partial charge in [0.15, 0.2) is 11.6 Å². The number of ketones is 2. The largest absolute Gasteiger partial charge is 0.330 e. The summed E-state index contributed by atoms with van der Waals surface area (Å²) in [6, 6.07) is 10.7. The molecule has 0 unspecified atom stereocenters. The number of pyridine rings is 1. The standard InChI is InChI=1S/C28H25BrN6O3/c1-15(36)27-22-8-17(19-11-30-16(2)31-12-19)6-7-23(22)35(33-27)14-26(38)34-13-18-9-21(18)28(34)24(37)10-20-4-3-5-25(29)32-20/h3-8,11-12,18,21,28H,9-10,13-14H2,1-2H3/t18-,21-,28-/m0/s1. The second-order valence-corrected chi connectivity index (χ2v) is 10.9. The predicted molar refractivity (Wildman–Crippen MR) is 143 cm³/mol. The molecule has 1 aliphatic heterocycles. The van der Waals surface area contributed by atoms with Crippen LogP contribution in [0.25, 0.3) is 22.0 Å². The molecule has 10 heteroatoms. The smallest absolute Gasteiger partial charge is 0.244 e. The number of likely N-dealkylation sites (tertiary alicyclic amines) is 1. The molecule has 2 aliphatic rings. The Labute approximate surface area is 227 Å². The average Bonchev–Trinajstić information content (AvgIpc) is 3.39. The lowest BCUT2D eigenvalue weighted by Crippen LogP contribution is -2.45. The van der Waals surface area contributed by atoms with Crippen LogP contribution in [0.5, 0.6) is 0 Å². The van der Waals surface area contributed by atoms with Crippen molar-refractivity contribution in [2.24, 2.45) is 11.8 Å². The molecule has 0 spiro atoms. The number of halogens is 1. The lowest BCUT2D eigenvalue weighted by atomic mass is 10.0. The Kier molecular flexibility index (Phi) is 6.14. The molecular weight excluding hydrogens is 548 g/mol. The predicted octanol–water partition coefficient (Wildman–Crippen LogP) is 3.82. The van der Waals surface area contributed by atoms with Crippen LogP contribution in [0.3, 0.4) is 0 Å². The third kappa shape index (κ3) is 4.53. The topological polar surface area (TPSA) is 111 Å². The van der Waals surface area contributed by atoms with Crippen molar-refractivity contribution in [3.05, 3.63) is 70.6 Å². The summed E-state index contributed by atoms with van der Waals surface area (Å²) >= 11 is 3.35. The van der Waals surface area contributed by atoms with Gasteiger partial charge >= 0.3 is 0 Å². The normalized spacial score (nSPS) is 20.0. The molecule has 3 atom stereocenters. The zero-order valence-corrected chi connectivity index (χ0v) is 22.6. The maximum absolute atomic E-state index is 13.5. The van der Waals surface area contributed by atoms with Crippen LogP contribution in [0.1, 0.15) is 35.4 Å². The number of hydrogen-bond acceptors (Lipinski definition) is 7. The number of rotatable bonds is 7. The van der Waals surface area contributed by atoms with Gasteiger partial charge < -0.3 is 4.90 Å². The monoisotopic (exact) mass is 572 g/mol. The molecule has 1 aromatic carbocycles. The molecule has 192 valence electrons. The first kappa shape index (κ1) is 24.5. The Morgan fingerprint density at radius 1 is 1.08 bits per heavy atom. The maximum Gasteiger partial charge on any atom is 0.244 e. The van der Waals surface area contributed by atoms with Crippen molar-refractivity contribution < 1.29 is 14.4 Å². The van der Waals surface area contributed by atoms with Crippen molar-refractivity contribution >= 4 is 44.3 Å². The zero-order valence-electron chi connectivity index (χ0n) is 21.0. The van der Waals surface area contributed by atoms with Crippen molar-refractivity contribution in [1.82, 2.24) is 29.6 Å². The van der Waals surface area contributed by atoms with Crippen LogP contribution in [0.2, 0.25) is 0 Å². The first-order valence-corrected chi connectivity index (χ1v) is 13.3. The van der Waals surface area contributed by atoms with E-state index in [4.69, 9.17) is 0 Å². The fraction of sp³-hybridized carbons (Fsp3) is 0.321. The minimum Gasteiger partial charge on any atom is -0.330 e. The van der Waals surface area contributed by atoms with Crippen LogP contribution in [-0.2, 0) is 22.6 Å². The van der Waals surface area contributed by atoms with E-state index in [9.17, 15) is 14.4 Å². The van der Waals surface area contributed by atoms with E-state index in [0.717, 1.165) is 17.5 Å². The number of aryl methyl sites for hydroxylation is 1. The van der Waals surface area contributed by atoms with Crippen LogP contribution in [0, 0.1) is 18.8 Å². The second-order valence-electron chi connectivity index (χ2n) is 10.1. The molecular formula is C28H25BrN6O3. The Bertz CT molecular complexity index is 1600. The first-order valence-electron chi connectivity index (χ1n) is 12.5. The van der Waals surface area contributed by atoms with Gasteiger partial charge in [0.1, 0.15) is 22.7 Å². The van der Waals surface area contributed by atoms with Crippen LogP contribution < -0.4 is 0 Å². The highest BCUT2D eigenvalue weighted by Crippen LogP contribution is 2.50. The van der Waals surface area contributed by atoms with Crippen molar-refractivity contribution in [1.29, 1.82) is 0 Å². The molecule has 0 N–H and O–H groups in total. The van der Waals surface area contributed by atoms with E-state index in [1.54, 1.807) is 22.0 Å². The summed E-state index contributed by atoms with van der Waals surface area (Å²) in [6.07, 6.45) is 4.63. The number of benzene rings is 1. The van der Waals surface area contributed by atoms with Gasteiger partial charge in [0.05, 0.1) is 18.0 Å². The third-order valence-corrected chi connectivity index (χ3v) is 7.85. The van der Waals surface area contributed by atoms with Crippen molar-refractivity contribution in [2.45, 2.75) is 39.3 Å². The fourth-order valence-electron chi connectivity index (χ4n) is 5.47. The van der Waals surface area contributed by atoms with Crippen LogP contribution in [-0.4, -0.2) is 59.7 Å². The summed E-state index contributed by atoms with van der Waals surface area (Å²) in [5, 5.41) is 5.18. The van der Waals surface area contributed by atoms with E-state index in [0.29, 0.717) is 45.2 Å². The Hall–Kier alpha value is -3.79. The molecule has 38 heavy (non-hydrogen) atoms. The Balaban J connectivity index is 1.26. The molecule has 4 aromatic rings. The first-order chi connectivity index (χ1) is 18.3. The lowest BCUT2D eigenvalue weighted by Gasteiger charge is -2.26. The van der Waals surface area contributed by atoms with Crippen molar-refractivity contribution in [2.75, 3.05) is 6.54 Å². The number of hydrogen-bond donors (Lipinski definition) is 0. The van der Waals surface area contributed by atoms with Crippen LogP contribution in [0.4, 0.5) is 0 Å². The molecule has 1 aliphatic carbocycles. The van der Waals surface area contributed by atoms with E-state index in [2.05, 4.69) is 36.0 Å². The number of amides is 1. The zero-order chi connectivity index (χ0) is 26.6. The van der Waals surface area contributed by atoms with Crippen LogP contribution >= 0.6 is 15.9 Å². The molecule has 6 rings (SSSR count). The van der Waals surface area contributed by atoms with Gasteiger partial charge in [0.25, 0.3) is 0 Å². The van der Waals surface area contributed by atoms with E-state index in [1.165, 1.54) is 6.92 Å². The highest BCUT2D eigenvalue weighted by atomic mass is 79.9. The van der Waals surface area contributed by atoms with Gasteiger partial charge in [-0.3, -0.25) is 19.1 Å². The molecule has 4 heterocycles. The fourth-order valence-corrected chi connectivity index (χ4v) is 5.85. The minimum atomic E-state index is -0.449. The Morgan fingerprint density at radius 2 is 1.87 bits per heavy atom. The second kappa shape index (κ2) is 9.50. The molecule has 1 saturated carbocycles. The van der Waals surface area contributed by atoms with E-state index >= 15 is 0 Å². The molecule has 1 saturated heterocycles. The maximum atomic E-state index is 13.5. The van der Waals surface area contributed by atoms with E-state index < -0.39 is 6.04 Å². The summed E-state index contributed by atoms with van der Waals surface area (Å²) in [5.41, 5.74) is 3.36. The molecule has 0 radical (unpaired) electrons. The highest BCUT2D eigenvalue weighted by molar-refractivity contribution is 9.10. The van der Waals surface area contributed by atoms with E-state index in [1.807, 2.05) is 43.3 Å². The van der Waals surface area contributed by atoms with Crippen LogP contribution in [0.15, 0.2) is 53.4 Å². The third-order valence-electron chi connectivity index (χ3n) is 7.41. The average molecular weight is 573 g/mol. The molecule has 2 fully saturated rings. The minimum absolute atomic E-state index is 0.00802. The molecule has 0 bridgehead atoms. The summed E-state index contributed by atoms with van der Waals surface area (Å²) in [4.78, 5) is 53.9. The quantitative estimate of drug-likeness (QED) is 0.244. The van der Waals surface area contributed by atoms with Crippen molar-refractivity contribution in [3.63, 3.8) is 0 Å². The molecule has 1 amide bonds. The molecule has 9 nitrogen and oxygen atoms in total.